The van der Waals surface area contributed by atoms with Crippen molar-refractivity contribution in [3.05, 3.63) is 71.2 Å². The second-order valence-corrected chi connectivity index (χ2v) is 8.02. The van der Waals surface area contributed by atoms with Crippen LogP contribution < -0.4 is 15.3 Å². The molecule has 1 amide bonds. The molecule has 0 spiro atoms. The molecule has 2 aromatic heterocycles. The van der Waals surface area contributed by atoms with E-state index >= 15 is 0 Å². The molecule has 1 aliphatic heterocycles. The Balaban J connectivity index is 1.31. The van der Waals surface area contributed by atoms with Crippen LogP contribution in [0.4, 0.5) is 10.1 Å². The number of para-hydroxylation sites is 2. The van der Waals surface area contributed by atoms with E-state index < -0.39 is 0 Å². The molecular formula is C24H23FN6O3. The fourth-order valence-electron chi connectivity index (χ4n) is 4.27. The van der Waals surface area contributed by atoms with Crippen LogP contribution in [-0.4, -0.2) is 63.6 Å². The molecule has 10 heteroatoms. The van der Waals surface area contributed by atoms with Gasteiger partial charge in [-0.3, -0.25) is 9.36 Å². The summed E-state index contributed by atoms with van der Waals surface area (Å²) in [6, 6.07) is 12.2. The Labute approximate surface area is 194 Å². The third-order valence-corrected chi connectivity index (χ3v) is 6.03. The summed E-state index contributed by atoms with van der Waals surface area (Å²) in [6.07, 6.45) is 3.20. The van der Waals surface area contributed by atoms with Crippen LogP contribution in [0, 0.1) is 5.82 Å². The summed E-state index contributed by atoms with van der Waals surface area (Å²) in [5, 5.41) is 0. The number of hydrogen-bond donors (Lipinski definition) is 1. The molecule has 0 atom stereocenters. The first kappa shape index (κ1) is 21.6. The quantitative estimate of drug-likeness (QED) is 0.489. The van der Waals surface area contributed by atoms with Crippen LogP contribution >= 0.6 is 0 Å². The van der Waals surface area contributed by atoms with Gasteiger partial charge in [-0.15, -0.1) is 0 Å². The van der Waals surface area contributed by atoms with E-state index in [2.05, 4.69) is 19.9 Å². The molecule has 0 bridgehead atoms. The van der Waals surface area contributed by atoms with Crippen LogP contribution in [-0.2, 0) is 11.3 Å². The zero-order valence-electron chi connectivity index (χ0n) is 18.6. The number of methoxy groups -OCH3 is 1. The summed E-state index contributed by atoms with van der Waals surface area (Å²) in [5.41, 5.74) is 3.30. The van der Waals surface area contributed by atoms with Gasteiger partial charge >= 0.3 is 11.7 Å². The molecule has 4 aromatic rings. The number of imidazole rings is 1. The van der Waals surface area contributed by atoms with Gasteiger partial charge in [0.25, 0.3) is 0 Å². The standard InChI is InChI=1S/C24H23FN6O3/c1-34-23-26-13-16(14-27-23)18-12-17(25)6-7-20(18)29-8-10-30(11-9-29)22(32)15-31-21-5-3-2-4-19(21)28-24(31)33/h2-7,12-14H,8-11,15H2,1H3,(H,28,33). The fraction of sp³-hybridized carbons (Fsp3) is 0.250. The van der Waals surface area contributed by atoms with Crippen molar-refractivity contribution in [2.75, 3.05) is 38.2 Å². The molecule has 1 aliphatic rings. The summed E-state index contributed by atoms with van der Waals surface area (Å²) in [7, 11) is 1.48. The number of ether oxygens (including phenoxy) is 1. The van der Waals surface area contributed by atoms with E-state index in [1.165, 1.54) is 23.8 Å². The van der Waals surface area contributed by atoms with Gasteiger partial charge in [0.05, 0.1) is 18.1 Å². The lowest BCUT2D eigenvalue weighted by molar-refractivity contribution is -0.132. The SMILES string of the molecule is COc1ncc(-c2cc(F)ccc2N2CCN(C(=O)Cn3c(=O)[nH]c4ccccc43)CC2)cn1. The normalized spacial score (nSPS) is 13.9. The number of halogens is 1. The second kappa shape index (κ2) is 8.97. The van der Waals surface area contributed by atoms with Crippen molar-refractivity contribution in [3.63, 3.8) is 0 Å². The van der Waals surface area contributed by atoms with Gasteiger partial charge in [-0.2, -0.15) is 0 Å². The van der Waals surface area contributed by atoms with Crippen molar-refractivity contribution < 1.29 is 13.9 Å². The summed E-state index contributed by atoms with van der Waals surface area (Å²) >= 11 is 0. The Hall–Kier alpha value is -4.21. The van der Waals surface area contributed by atoms with Crippen molar-refractivity contribution >= 4 is 22.6 Å². The molecule has 0 radical (unpaired) electrons. The number of nitrogens with one attached hydrogen (secondary N) is 1. The van der Waals surface area contributed by atoms with Gasteiger partial charge in [0.2, 0.25) is 5.91 Å². The topological polar surface area (TPSA) is 96.4 Å². The van der Waals surface area contributed by atoms with Gasteiger partial charge in [0.1, 0.15) is 12.4 Å². The molecule has 5 rings (SSSR count). The van der Waals surface area contributed by atoms with Crippen LogP contribution in [0.2, 0.25) is 0 Å². The maximum absolute atomic E-state index is 14.1. The Morgan fingerprint density at radius 1 is 1.09 bits per heavy atom. The first-order valence-electron chi connectivity index (χ1n) is 10.9. The van der Waals surface area contributed by atoms with Crippen LogP contribution in [0.1, 0.15) is 0 Å². The molecule has 174 valence electrons. The minimum Gasteiger partial charge on any atom is -0.467 e. The number of hydrogen-bond acceptors (Lipinski definition) is 6. The zero-order valence-corrected chi connectivity index (χ0v) is 18.6. The lowest BCUT2D eigenvalue weighted by Crippen LogP contribution is -2.50. The number of nitrogens with zero attached hydrogens (tertiary/aromatic N) is 5. The van der Waals surface area contributed by atoms with Gasteiger partial charge in [0.15, 0.2) is 0 Å². The number of aromatic nitrogens is 4. The van der Waals surface area contributed by atoms with Crippen LogP contribution in [0.3, 0.4) is 0 Å². The third kappa shape index (κ3) is 4.09. The Morgan fingerprint density at radius 3 is 2.56 bits per heavy atom. The maximum atomic E-state index is 14.1. The van der Waals surface area contributed by atoms with E-state index in [1.807, 2.05) is 24.3 Å². The average molecular weight is 462 g/mol. The number of piperazine rings is 1. The Bertz CT molecular complexity index is 1390. The highest BCUT2D eigenvalue weighted by Crippen LogP contribution is 2.32. The van der Waals surface area contributed by atoms with Crippen molar-refractivity contribution in [1.82, 2.24) is 24.4 Å². The van der Waals surface area contributed by atoms with Crippen molar-refractivity contribution in [2.24, 2.45) is 0 Å². The van der Waals surface area contributed by atoms with E-state index in [9.17, 15) is 14.0 Å². The highest BCUT2D eigenvalue weighted by atomic mass is 19.1. The molecule has 0 aliphatic carbocycles. The number of aromatic amines is 1. The molecule has 0 unspecified atom stereocenters. The second-order valence-electron chi connectivity index (χ2n) is 8.02. The molecule has 2 aromatic carbocycles. The number of carbonyl (C=O) groups is 1. The highest BCUT2D eigenvalue weighted by Gasteiger charge is 2.24. The highest BCUT2D eigenvalue weighted by molar-refractivity contribution is 5.81. The minimum atomic E-state index is -0.354. The average Bonchev–Trinajstić information content (AvgIpc) is 3.19. The smallest absolute Gasteiger partial charge is 0.326 e. The summed E-state index contributed by atoms with van der Waals surface area (Å²) < 4.78 is 20.5. The predicted octanol–water partition coefficient (Wildman–Crippen LogP) is 2.28. The zero-order chi connectivity index (χ0) is 23.7. The van der Waals surface area contributed by atoms with Gasteiger partial charge in [-0.25, -0.2) is 19.2 Å². The van der Waals surface area contributed by atoms with Crippen molar-refractivity contribution in [1.29, 1.82) is 0 Å². The predicted molar refractivity (Wildman–Crippen MR) is 125 cm³/mol. The van der Waals surface area contributed by atoms with E-state index in [4.69, 9.17) is 4.74 Å². The first-order valence-corrected chi connectivity index (χ1v) is 10.9. The lowest BCUT2D eigenvalue weighted by atomic mass is 10.0. The van der Waals surface area contributed by atoms with Gasteiger partial charge in [0, 0.05) is 55.4 Å². The molecule has 0 saturated carbocycles. The Morgan fingerprint density at radius 2 is 1.82 bits per heavy atom. The summed E-state index contributed by atoms with van der Waals surface area (Å²) in [6.45, 7) is 2.11. The number of benzene rings is 2. The fourth-order valence-corrected chi connectivity index (χ4v) is 4.27. The minimum absolute atomic E-state index is 0.0200. The molecule has 34 heavy (non-hydrogen) atoms. The number of carbonyl (C=O) groups excluding carboxylic acids is 1. The van der Waals surface area contributed by atoms with Crippen LogP contribution in [0.15, 0.2) is 59.7 Å². The van der Waals surface area contributed by atoms with Crippen molar-refractivity contribution in [2.45, 2.75) is 6.54 Å². The molecule has 1 fully saturated rings. The largest absolute Gasteiger partial charge is 0.467 e. The number of amides is 1. The number of anilines is 1. The lowest BCUT2D eigenvalue weighted by Gasteiger charge is -2.37. The molecule has 1 N–H and O–H groups in total. The number of H-pyrrole nitrogens is 1. The van der Waals surface area contributed by atoms with Gasteiger partial charge in [-0.05, 0) is 30.3 Å². The van der Waals surface area contributed by atoms with Crippen LogP contribution in [0.25, 0.3) is 22.2 Å². The molecule has 1 saturated heterocycles. The van der Waals surface area contributed by atoms with Crippen LogP contribution in [0.5, 0.6) is 6.01 Å². The van der Waals surface area contributed by atoms with E-state index in [-0.39, 0.29) is 30.0 Å². The number of rotatable bonds is 5. The third-order valence-electron chi connectivity index (χ3n) is 6.03. The van der Waals surface area contributed by atoms with E-state index in [1.54, 1.807) is 23.4 Å². The molecule has 9 nitrogen and oxygen atoms in total. The van der Waals surface area contributed by atoms with Crippen molar-refractivity contribution in [3.8, 4) is 17.1 Å². The first-order chi connectivity index (χ1) is 16.5. The van der Waals surface area contributed by atoms with E-state index in [0.29, 0.717) is 48.3 Å². The monoisotopic (exact) mass is 462 g/mol. The van der Waals surface area contributed by atoms with Gasteiger partial charge < -0.3 is 19.5 Å². The molecular weight excluding hydrogens is 439 g/mol. The summed E-state index contributed by atoms with van der Waals surface area (Å²) in [4.78, 5) is 40.2. The number of fused-ring (bicyclic) bond motifs is 1. The molecule has 3 heterocycles. The van der Waals surface area contributed by atoms with E-state index in [0.717, 1.165) is 5.69 Å². The Kier molecular flexibility index (Phi) is 5.70. The summed E-state index contributed by atoms with van der Waals surface area (Å²) in [5.74, 6) is -0.470. The maximum Gasteiger partial charge on any atom is 0.326 e. The van der Waals surface area contributed by atoms with Gasteiger partial charge in [-0.1, -0.05) is 12.1 Å².